The molecule has 0 fully saturated rings. The first-order valence-electron chi connectivity index (χ1n) is 8.58. The first-order chi connectivity index (χ1) is 13.9. The number of benzene rings is 1. The summed E-state index contributed by atoms with van der Waals surface area (Å²) in [7, 11) is 1.39. The van der Waals surface area contributed by atoms with Gasteiger partial charge in [-0.1, -0.05) is 0 Å². The largest absolute Gasteiger partial charge is 0.495 e. The first-order valence-corrected chi connectivity index (χ1v) is 9.40. The summed E-state index contributed by atoms with van der Waals surface area (Å²) < 4.78 is 48.5. The molecule has 0 aliphatic rings. The third kappa shape index (κ3) is 7.14. The number of aromatic nitrogens is 1. The Morgan fingerprint density at radius 3 is 2.40 bits per heavy atom. The van der Waals surface area contributed by atoms with Gasteiger partial charge < -0.3 is 14.8 Å². The molecule has 2 amide bonds. The SMILES string of the molecule is COc1ccc(NC(=O)c2cccnc2SC(F)(F)F)cc1NC(=O)OC(C)(C)C. The van der Waals surface area contributed by atoms with Crippen molar-refractivity contribution in [2.24, 2.45) is 0 Å². The highest BCUT2D eigenvalue weighted by molar-refractivity contribution is 8.00. The number of ether oxygens (including phenoxy) is 2. The van der Waals surface area contributed by atoms with Crippen molar-refractivity contribution < 1.29 is 32.2 Å². The molecule has 0 spiro atoms. The summed E-state index contributed by atoms with van der Waals surface area (Å²) >= 11 is -0.476. The maximum Gasteiger partial charge on any atom is 0.447 e. The predicted molar refractivity (Wildman–Crippen MR) is 107 cm³/mol. The summed E-state index contributed by atoms with van der Waals surface area (Å²) in [5.41, 5.74) is -5.12. The normalized spacial score (nSPS) is 11.6. The van der Waals surface area contributed by atoms with Crippen LogP contribution in [0.3, 0.4) is 0 Å². The Bertz CT molecular complexity index is 930. The topological polar surface area (TPSA) is 89.5 Å². The van der Waals surface area contributed by atoms with Gasteiger partial charge in [-0.3, -0.25) is 10.1 Å². The molecule has 2 N–H and O–H groups in total. The van der Waals surface area contributed by atoms with Crippen molar-refractivity contribution in [2.45, 2.75) is 36.9 Å². The highest BCUT2D eigenvalue weighted by Crippen LogP contribution is 2.37. The van der Waals surface area contributed by atoms with Gasteiger partial charge in [-0.2, -0.15) is 13.2 Å². The van der Waals surface area contributed by atoms with Crippen LogP contribution in [0.5, 0.6) is 5.75 Å². The molecule has 0 aliphatic carbocycles. The lowest BCUT2D eigenvalue weighted by atomic mass is 10.2. The molecule has 0 atom stereocenters. The van der Waals surface area contributed by atoms with E-state index in [1.54, 1.807) is 20.8 Å². The average Bonchev–Trinajstić information content (AvgIpc) is 2.59. The van der Waals surface area contributed by atoms with Gasteiger partial charge in [0.1, 0.15) is 16.4 Å². The Hall–Kier alpha value is -2.95. The highest BCUT2D eigenvalue weighted by Gasteiger charge is 2.32. The summed E-state index contributed by atoms with van der Waals surface area (Å²) in [6, 6.07) is 6.95. The number of thioether (sulfide) groups is 1. The zero-order valence-corrected chi connectivity index (χ0v) is 17.4. The van der Waals surface area contributed by atoms with E-state index in [9.17, 15) is 22.8 Å². The van der Waals surface area contributed by atoms with Gasteiger partial charge in [0, 0.05) is 23.6 Å². The summed E-state index contributed by atoms with van der Waals surface area (Å²) in [5, 5.41) is 4.53. The fraction of sp³-hybridized carbons (Fsp3) is 0.316. The molecule has 2 rings (SSSR count). The van der Waals surface area contributed by atoms with E-state index in [0.29, 0.717) is 5.75 Å². The number of rotatable bonds is 5. The number of carbonyl (C=O) groups excluding carboxylic acids is 2. The second-order valence-corrected chi connectivity index (χ2v) is 7.95. The molecule has 1 aromatic carbocycles. The van der Waals surface area contributed by atoms with Crippen molar-refractivity contribution in [3.05, 3.63) is 42.1 Å². The van der Waals surface area contributed by atoms with Gasteiger partial charge in [0.05, 0.1) is 18.4 Å². The van der Waals surface area contributed by atoms with Crippen LogP contribution in [0.1, 0.15) is 31.1 Å². The minimum atomic E-state index is -4.59. The molecule has 2 aromatic rings. The number of anilines is 2. The van der Waals surface area contributed by atoms with Gasteiger partial charge in [0.15, 0.2) is 0 Å². The lowest BCUT2D eigenvalue weighted by Gasteiger charge is -2.20. The molecule has 30 heavy (non-hydrogen) atoms. The monoisotopic (exact) mass is 443 g/mol. The van der Waals surface area contributed by atoms with Crippen molar-refractivity contribution in [2.75, 3.05) is 17.7 Å². The molecule has 1 aromatic heterocycles. The Balaban J connectivity index is 2.23. The third-order valence-electron chi connectivity index (χ3n) is 3.32. The Labute approximate surface area is 175 Å². The molecular formula is C19H20F3N3O4S. The van der Waals surface area contributed by atoms with Crippen LogP contribution in [0.2, 0.25) is 0 Å². The number of amides is 2. The van der Waals surface area contributed by atoms with E-state index < -0.39 is 39.9 Å². The molecule has 0 saturated carbocycles. The van der Waals surface area contributed by atoms with Gasteiger partial charge >= 0.3 is 11.6 Å². The fourth-order valence-electron chi connectivity index (χ4n) is 2.25. The molecule has 7 nitrogen and oxygen atoms in total. The molecule has 0 radical (unpaired) electrons. The first kappa shape index (κ1) is 23.3. The minimum Gasteiger partial charge on any atom is -0.495 e. The lowest BCUT2D eigenvalue weighted by Crippen LogP contribution is -2.27. The Morgan fingerprint density at radius 1 is 1.10 bits per heavy atom. The molecule has 0 aliphatic heterocycles. The van der Waals surface area contributed by atoms with E-state index in [1.165, 1.54) is 43.6 Å². The van der Waals surface area contributed by atoms with E-state index >= 15 is 0 Å². The smallest absolute Gasteiger partial charge is 0.447 e. The van der Waals surface area contributed by atoms with Crippen molar-refractivity contribution in [3.8, 4) is 5.75 Å². The number of hydrogen-bond acceptors (Lipinski definition) is 6. The van der Waals surface area contributed by atoms with Crippen molar-refractivity contribution in [1.29, 1.82) is 0 Å². The molecule has 1 heterocycles. The van der Waals surface area contributed by atoms with Crippen LogP contribution in [-0.4, -0.2) is 35.2 Å². The zero-order valence-electron chi connectivity index (χ0n) is 16.6. The quantitative estimate of drug-likeness (QED) is 0.610. The summed E-state index contributed by atoms with van der Waals surface area (Å²) in [6.07, 6.45) is 0.432. The maximum absolute atomic E-state index is 12.7. The molecule has 162 valence electrons. The standard InChI is InChI=1S/C19H20F3N3O4S/c1-18(2,3)29-17(27)25-13-10-11(7-8-14(13)28-4)24-15(26)12-6-5-9-23-16(12)30-19(20,21)22/h5-10H,1-4H3,(H,24,26)(H,25,27). The number of hydrogen-bond donors (Lipinski definition) is 2. The van der Waals surface area contributed by atoms with Gasteiger partial charge in [-0.15, -0.1) is 0 Å². The third-order valence-corrected chi connectivity index (χ3v) is 4.07. The van der Waals surface area contributed by atoms with E-state index in [-0.39, 0.29) is 16.9 Å². The summed E-state index contributed by atoms with van der Waals surface area (Å²) in [5.74, 6) is -0.489. The van der Waals surface area contributed by atoms with Crippen LogP contribution < -0.4 is 15.4 Å². The second kappa shape index (κ2) is 9.24. The number of halogens is 3. The summed E-state index contributed by atoms with van der Waals surface area (Å²) in [6.45, 7) is 5.10. The molecule has 0 bridgehead atoms. The average molecular weight is 443 g/mol. The summed E-state index contributed by atoms with van der Waals surface area (Å²) in [4.78, 5) is 28.2. The highest BCUT2D eigenvalue weighted by atomic mass is 32.2. The number of alkyl halides is 3. The molecule has 11 heteroatoms. The molecular weight excluding hydrogens is 423 g/mol. The maximum atomic E-state index is 12.7. The van der Waals surface area contributed by atoms with Crippen LogP contribution in [-0.2, 0) is 4.74 Å². The van der Waals surface area contributed by atoms with Crippen molar-refractivity contribution in [1.82, 2.24) is 4.98 Å². The van der Waals surface area contributed by atoms with Crippen molar-refractivity contribution >= 4 is 35.1 Å². The fourth-order valence-corrected chi connectivity index (χ4v) is 2.85. The number of carbonyl (C=O) groups is 2. The van der Waals surface area contributed by atoms with Gasteiger partial charge in [0.2, 0.25) is 0 Å². The van der Waals surface area contributed by atoms with Crippen LogP contribution in [0.15, 0.2) is 41.6 Å². The van der Waals surface area contributed by atoms with E-state index in [1.807, 2.05) is 0 Å². The van der Waals surface area contributed by atoms with Crippen molar-refractivity contribution in [3.63, 3.8) is 0 Å². The molecule has 0 unspecified atom stereocenters. The van der Waals surface area contributed by atoms with Gasteiger partial charge in [-0.25, -0.2) is 9.78 Å². The van der Waals surface area contributed by atoms with E-state index in [4.69, 9.17) is 9.47 Å². The number of nitrogens with zero attached hydrogens (tertiary/aromatic N) is 1. The second-order valence-electron chi connectivity index (χ2n) is 6.90. The number of pyridine rings is 1. The Morgan fingerprint density at radius 2 is 1.80 bits per heavy atom. The van der Waals surface area contributed by atoms with Gasteiger partial charge in [-0.05, 0) is 51.1 Å². The van der Waals surface area contributed by atoms with Crippen LogP contribution in [0.25, 0.3) is 0 Å². The zero-order chi connectivity index (χ0) is 22.5. The van der Waals surface area contributed by atoms with Crippen LogP contribution in [0, 0.1) is 0 Å². The van der Waals surface area contributed by atoms with Gasteiger partial charge in [0.25, 0.3) is 5.91 Å². The Kier molecular flexibility index (Phi) is 7.19. The molecule has 0 saturated heterocycles. The van der Waals surface area contributed by atoms with Crippen LogP contribution in [0.4, 0.5) is 29.3 Å². The van der Waals surface area contributed by atoms with E-state index in [0.717, 1.165) is 0 Å². The van der Waals surface area contributed by atoms with Crippen LogP contribution >= 0.6 is 11.8 Å². The minimum absolute atomic E-state index is 0.209. The number of nitrogens with one attached hydrogen (secondary N) is 2. The number of methoxy groups -OCH3 is 1. The lowest BCUT2D eigenvalue weighted by molar-refractivity contribution is -0.0329. The predicted octanol–water partition coefficient (Wildman–Crippen LogP) is 5.30. The van der Waals surface area contributed by atoms with E-state index in [2.05, 4.69) is 15.6 Å².